The highest BCUT2D eigenvalue weighted by Gasteiger charge is 2.51. The van der Waals surface area contributed by atoms with Gasteiger partial charge in [-0.1, -0.05) is 41.9 Å². The molecule has 4 nitrogen and oxygen atoms in total. The second kappa shape index (κ2) is 8.59. The standard InChI is InChI=1S/C29H41BrN2O2/c1-28(2,17-33)23-15-29(26-22(23)4-3-5-24(26)30)6-8-32(9-7-29)16-25(34)31-27-20-11-18-10-19(13-20)14-21(27)12-18/h3-5,18-21,23,27,33H,6-17H2,1-2H3,(H,31,34). The van der Waals surface area contributed by atoms with E-state index >= 15 is 0 Å². The van der Waals surface area contributed by atoms with Crippen molar-refractivity contribution in [1.82, 2.24) is 10.2 Å². The van der Waals surface area contributed by atoms with Crippen molar-refractivity contribution in [2.45, 2.75) is 82.6 Å². The number of benzene rings is 1. The first-order valence-electron chi connectivity index (χ1n) is 13.7. The van der Waals surface area contributed by atoms with Gasteiger partial charge in [0.15, 0.2) is 0 Å². The normalized spacial score (nSPS) is 36.1. The van der Waals surface area contributed by atoms with Gasteiger partial charge in [0.25, 0.3) is 0 Å². The van der Waals surface area contributed by atoms with Crippen LogP contribution in [0.2, 0.25) is 0 Å². The minimum Gasteiger partial charge on any atom is -0.396 e. The molecule has 6 aliphatic rings. The number of amides is 1. The average molecular weight is 530 g/mol. The molecule has 1 aliphatic heterocycles. The number of hydrogen-bond acceptors (Lipinski definition) is 3. The minimum atomic E-state index is -0.130. The lowest BCUT2D eigenvalue weighted by Gasteiger charge is -2.54. The second-order valence-corrected chi connectivity index (χ2v) is 14.0. The molecule has 5 heteroatoms. The van der Waals surface area contributed by atoms with E-state index in [1.165, 1.54) is 47.7 Å². The molecule has 1 aromatic carbocycles. The van der Waals surface area contributed by atoms with Crippen molar-refractivity contribution < 1.29 is 9.90 Å². The molecule has 5 aliphatic carbocycles. The van der Waals surface area contributed by atoms with Crippen LogP contribution in [0.5, 0.6) is 0 Å². The average Bonchev–Trinajstić information content (AvgIpc) is 3.13. The summed E-state index contributed by atoms with van der Waals surface area (Å²) in [7, 11) is 0. The van der Waals surface area contributed by atoms with Crippen LogP contribution in [0.4, 0.5) is 0 Å². The number of carbonyl (C=O) groups excluding carboxylic acids is 1. The monoisotopic (exact) mass is 528 g/mol. The van der Waals surface area contributed by atoms with Gasteiger partial charge in [0, 0.05) is 17.1 Å². The zero-order valence-electron chi connectivity index (χ0n) is 20.9. The molecule has 34 heavy (non-hydrogen) atoms. The Morgan fingerprint density at radius 3 is 2.38 bits per heavy atom. The van der Waals surface area contributed by atoms with Crippen molar-refractivity contribution in [3.05, 3.63) is 33.8 Å². The molecule has 2 N–H and O–H groups in total. The van der Waals surface area contributed by atoms with Gasteiger partial charge >= 0.3 is 0 Å². The first-order chi connectivity index (χ1) is 16.3. The highest BCUT2D eigenvalue weighted by atomic mass is 79.9. The molecule has 5 fully saturated rings. The van der Waals surface area contributed by atoms with E-state index in [2.05, 4.69) is 58.2 Å². The van der Waals surface area contributed by atoms with Gasteiger partial charge in [-0.25, -0.2) is 0 Å². The number of piperidine rings is 1. The summed E-state index contributed by atoms with van der Waals surface area (Å²) in [6, 6.07) is 7.04. The SMILES string of the molecule is CC(C)(CO)C1CC2(CCN(CC(=O)NC3C4CC5CC(C4)CC3C5)CC2)c2c(Br)cccc21. The molecular weight excluding hydrogens is 488 g/mol. The number of carbonyl (C=O) groups is 1. The van der Waals surface area contributed by atoms with Gasteiger partial charge in [0.2, 0.25) is 5.91 Å². The lowest BCUT2D eigenvalue weighted by Crippen LogP contribution is -2.57. The Morgan fingerprint density at radius 1 is 1.12 bits per heavy atom. The molecule has 1 amide bonds. The Labute approximate surface area is 213 Å². The van der Waals surface area contributed by atoms with Crippen LogP contribution in [0.3, 0.4) is 0 Å². The van der Waals surface area contributed by atoms with Crippen molar-refractivity contribution in [2.24, 2.45) is 29.1 Å². The summed E-state index contributed by atoms with van der Waals surface area (Å²) >= 11 is 3.88. The molecule has 1 saturated heterocycles. The Hall–Kier alpha value is -0.910. The molecule has 1 heterocycles. The van der Waals surface area contributed by atoms with Crippen molar-refractivity contribution >= 4 is 21.8 Å². The summed E-state index contributed by atoms with van der Waals surface area (Å²) in [6.45, 7) is 7.10. The van der Waals surface area contributed by atoms with Gasteiger partial charge in [0.05, 0.1) is 6.54 Å². The fourth-order valence-corrected chi connectivity index (χ4v) is 9.79. The highest BCUT2D eigenvalue weighted by molar-refractivity contribution is 9.10. The Balaban J connectivity index is 1.11. The van der Waals surface area contributed by atoms with Crippen LogP contribution >= 0.6 is 15.9 Å². The topological polar surface area (TPSA) is 52.6 Å². The van der Waals surface area contributed by atoms with E-state index in [1.807, 2.05) is 0 Å². The highest BCUT2D eigenvalue weighted by Crippen LogP contribution is 2.58. The summed E-state index contributed by atoms with van der Waals surface area (Å²) < 4.78 is 1.22. The van der Waals surface area contributed by atoms with Gasteiger partial charge in [-0.05, 0) is 122 Å². The number of rotatable bonds is 5. The molecule has 1 unspecified atom stereocenters. The molecule has 7 rings (SSSR count). The maximum Gasteiger partial charge on any atom is 0.234 e. The Morgan fingerprint density at radius 2 is 1.76 bits per heavy atom. The fraction of sp³-hybridized carbons (Fsp3) is 0.759. The van der Waals surface area contributed by atoms with Gasteiger partial charge < -0.3 is 10.4 Å². The largest absolute Gasteiger partial charge is 0.396 e. The lowest BCUT2D eigenvalue weighted by atomic mass is 9.54. The maximum absolute atomic E-state index is 13.1. The number of likely N-dealkylation sites (tertiary alicyclic amines) is 1. The molecule has 0 aromatic heterocycles. The van der Waals surface area contributed by atoms with Crippen molar-refractivity contribution in [2.75, 3.05) is 26.2 Å². The molecule has 4 bridgehead atoms. The van der Waals surface area contributed by atoms with Crippen molar-refractivity contribution in [1.29, 1.82) is 0 Å². The summed E-state index contributed by atoms with van der Waals surface area (Å²) in [5.41, 5.74) is 2.91. The third kappa shape index (κ3) is 3.89. The number of hydrogen-bond donors (Lipinski definition) is 2. The first-order valence-corrected chi connectivity index (χ1v) is 14.5. The zero-order chi connectivity index (χ0) is 23.7. The van der Waals surface area contributed by atoms with Gasteiger partial charge in [-0.3, -0.25) is 9.69 Å². The summed E-state index contributed by atoms with van der Waals surface area (Å²) in [4.78, 5) is 15.5. The molecule has 1 aromatic rings. The van der Waals surface area contributed by atoms with Crippen LogP contribution in [-0.4, -0.2) is 48.2 Å². The Kier molecular flexibility index (Phi) is 5.93. The van der Waals surface area contributed by atoms with Gasteiger partial charge in [-0.15, -0.1) is 0 Å². The maximum atomic E-state index is 13.1. The van der Waals surface area contributed by atoms with Crippen LogP contribution in [0, 0.1) is 29.1 Å². The first kappa shape index (κ1) is 23.5. The number of nitrogens with one attached hydrogen (secondary N) is 1. The smallest absolute Gasteiger partial charge is 0.234 e. The van der Waals surface area contributed by atoms with E-state index in [0.29, 0.717) is 18.5 Å². The number of aliphatic hydroxyl groups excluding tert-OH is 1. The van der Waals surface area contributed by atoms with Crippen molar-refractivity contribution in [3.8, 4) is 0 Å². The summed E-state index contributed by atoms with van der Waals surface area (Å²) in [5.74, 6) is 4.00. The third-order valence-corrected chi connectivity index (χ3v) is 11.3. The van der Waals surface area contributed by atoms with Gasteiger partial charge in [0.1, 0.15) is 0 Å². The van der Waals surface area contributed by atoms with Crippen LogP contribution in [0.1, 0.15) is 82.3 Å². The summed E-state index contributed by atoms with van der Waals surface area (Å²) in [6.07, 6.45) is 10.1. The summed E-state index contributed by atoms with van der Waals surface area (Å²) in [5, 5.41) is 13.6. The van der Waals surface area contributed by atoms with E-state index < -0.39 is 0 Å². The van der Waals surface area contributed by atoms with E-state index in [0.717, 1.165) is 56.0 Å². The lowest BCUT2D eigenvalue weighted by molar-refractivity contribution is -0.126. The number of halogens is 1. The predicted molar refractivity (Wildman–Crippen MR) is 139 cm³/mol. The van der Waals surface area contributed by atoms with E-state index in [1.54, 1.807) is 0 Å². The quantitative estimate of drug-likeness (QED) is 0.550. The third-order valence-electron chi connectivity index (χ3n) is 10.6. The number of fused-ring (bicyclic) bond motifs is 2. The van der Waals surface area contributed by atoms with Crippen LogP contribution in [0.25, 0.3) is 0 Å². The Bertz CT molecular complexity index is 923. The van der Waals surface area contributed by atoms with Crippen LogP contribution < -0.4 is 5.32 Å². The molecule has 1 atom stereocenters. The molecule has 0 radical (unpaired) electrons. The van der Waals surface area contributed by atoms with Crippen LogP contribution in [0.15, 0.2) is 22.7 Å². The van der Waals surface area contributed by atoms with Crippen LogP contribution in [-0.2, 0) is 10.2 Å². The minimum absolute atomic E-state index is 0.130. The molecular formula is C29H41BrN2O2. The number of aliphatic hydroxyl groups is 1. The second-order valence-electron chi connectivity index (χ2n) is 13.2. The molecule has 186 valence electrons. The molecule has 1 spiro atoms. The predicted octanol–water partition coefficient (Wildman–Crippen LogP) is 5.23. The molecule has 4 saturated carbocycles. The van der Waals surface area contributed by atoms with E-state index in [4.69, 9.17) is 0 Å². The van der Waals surface area contributed by atoms with E-state index in [-0.39, 0.29) is 23.3 Å². The number of nitrogens with zero attached hydrogens (tertiary/aromatic N) is 1. The van der Waals surface area contributed by atoms with Gasteiger partial charge in [-0.2, -0.15) is 0 Å². The van der Waals surface area contributed by atoms with Crippen molar-refractivity contribution in [3.63, 3.8) is 0 Å². The fourth-order valence-electron chi connectivity index (χ4n) is 8.99. The van der Waals surface area contributed by atoms with E-state index in [9.17, 15) is 9.90 Å². The zero-order valence-corrected chi connectivity index (χ0v) is 22.4.